The molecule has 0 aromatic heterocycles. The lowest BCUT2D eigenvalue weighted by atomic mass is 10.0. The summed E-state index contributed by atoms with van der Waals surface area (Å²) in [5, 5.41) is 0. The minimum absolute atomic E-state index is 0.340. The molecule has 0 aliphatic rings. The van der Waals surface area contributed by atoms with E-state index in [0.29, 0.717) is 5.56 Å². The van der Waals surface area contributed by atoms with Crippen molar-refractivity contribution in [2.75, 3.05) is 0 Å². The average Bonchev–Trinajstić information content (AvgIpc) is 2.16. The van der Waals surface area contributed by atoms with Gasteiger partial charge >= 0.3 is 0 Å². The van der Waals surface area contributed by atoms with E-state index in [1.807, 2.05) is 0 Å². The summed E-state index contributed by atoms with van der Waals surface area (Å²) in [7, 11) is 1.29. The van der Waals surface area contributed by atoms with Crippen molar-refractivity contribution in [2.24, 2.45) is 0 Å². The van der Waals surface area contributed by atoms with E-state index in [4.69, 9.17) is 10.7 Å². The number of carbonyl (C=O) groups excluding carboxylic acids is 1. The summed E-state index contributed by atoms with van der Waals surface area (Å²) in [6, 6.07) is 8.21. The lowest BCUT2D eigenvalue weighted by Crippen LogP contribution is -2.37. The topological polar surface area (TPSA) is 51.2 Å². The van der Waals surface area contributed by atoms with E-state index in [1.165, 1.54) is 13.8 Å². The first-order valence-corrected chi connectivity index (χ1v) is 6.62. The molecular weight excluding hydrogens is 236 g/mol. The second kappa shape index (κ2) is 3.94. The van der Waals surface area contributed by atoms with E-state index in [0.717, 1.165) is 0 Å². The van der Waals surface area contributed by atoms with Crippen LogP contribution in [-0.2, 0) is 9.05 Å². The van der Waals surface area contributed by atoms with Gasteiger partial charge in [-0.15, -0.1) is 0 Å². The van der Waals surface area contributed by atoms with Crippen molar-refractivity contribution in [3.63, 3.8) is 0 Å². The molecular formula is C10H11ClO3S. The number of halogens is 1. The summed E-state index contributed by atoms with van der Waals surface area (Å²) in [4.78, 5) is 11.8. The first-order chi connectivity index (χ1) is 6.77. The standard InChI is InChI=1S/C10H11ClO3S/c1-10(2,15(11,13)14)9(12)8-6-4-3-5-7-8/h3-7H,1-2H3. The Kier molecular flexibility index (Phi) is 3.21. The molecule has 1 rings (SSSR count). The van der Waals surface area contributed by atoms with E-state index >= 15 is 0 Å². The molecule has 0 amide bonds. The van der Waals surface area contributed by atoms with Crippen LogP contribution in [0.4, 0.5) is 0 Å². The molecule has 0 heterocycles. The van der Waals surface area contributed by atoms with Gasteiger partial charge in [0.05, 0.1) is 0 Å². The molecule has 1 aromatic carbocycles. The Bertz CT molecular complexity index is 463. The summed E-state index contributed by atoms with van der Waals surface area (Å²) in [5.74, 6) is -0.502. The van der Waals surface area contributed by atoms with Gasteiger partial charge in [0.25, 0.3) is 0 Å². The smallest absolute Gasteiger partial charge is 0.245 e. The number of ketones is 1. The van der Waals surface area contributed by atoms with Crippen LogP contribution in [-0.4, -0.2) is 18.9 Å². The van der Waals surface area contributed by atoms with Crippen molar-refractivity contribution in [3.8, 4) is 0 Å². The molecule has 0 radical (unpaired) electrons. The van der Waals surface area contributed by atoms with Crippen LogP contribution in [0.2, 0.25) is 0 Å². The molecule has 0 N–H and O–H groups in total. The third-order valence-corrected chi connectivity index (χ3v) is 4.75. The molecule has 0 aliphatic heterocycles. The summed E-state index contributed by atoms with van der Waals surface area (Å²) in [6.45, 7) is 2.59. The monoisotopic (exact) mass is 246 g/mol. The molecule has 0 saturated heterocycles. The van der Waals surface area contributed by atoms with E-state index in [9.17, 15) is 13.2 Å². The van der Waals surface area contributed by atoms with Crippen LogP contribution in [0.15, 0.2) is 30.3 Å². The van der Waals surface area contributed by atoms with Gasteiger partial charge in [0.15, 0.2) is 5.78 Å². The summed E-state index contributed by atoms with van der Waals surface area (Å²) < 4.78 is 20.8. The molecule has 5 heteroatoms. The van der Waals surface area contributed by atoms with Crippen LogP contribution in [0.3, 0.4) is 0 Å². The summed E-state index contributed by atoms with van der Waals surface area (Å²) in [6.07, 6.45) is 0. The maximum Gasteiger partial charge on any atom is 0.245 e. The molecule has 0 saturated carbocycles. The minimum atomic E-state index is -3.93. The Labute approximate surface area is 93.5 Å². The number of hydrogen-bond donors (Lipinski definition) is 0. The van der Waals surface area contributed by atoms with Crippen molar-refractivity contribution in [3.05, 3.63) is 35.9 Å². The van der Waals surface area contributed by atoms with Gasteiger partial charge < -0.3 is 0 Å². The van der Waals surface area contributed by atoms with Crippen molar-refractivity contribution >= 4 is 25.5 Å². The predicted molar refractivity (Wildman–Crippen MR) is 59.6 cm³/mol. The summed E-state index contributed by atoms with van der Waals surface area (Å²) in [5.41, 5.74) is 0.340. The highest BCUT2D eigenvalue weighted by Gasteiger charge is 2.40. The Balaban J connectivity index is 3.17. The van der Waals surface area contributed by atoms with Crippen LogP contribution in [0.25, 0.3) is 0 Å². The Hall–Kier alpha value is -0.870. The second-order valence-electron chi connectivity index (χ2n) is 3.64. The largest absolute Gasteiger partial charge is 0.292 e. The number of hydrogen-bond acceptors (Lipinski definition) is 3. The first-order valence-electron chi connectivity index (χ1n) is 4.31. The number of carbonyl (C=O) groups is 1. The molecule has 0 atom stereocenters. The zero-order chi connectivity index (χ0) is 11.7. The van der Waals surface area contributed by atoms with Gasteiger partial charge in [-0.1, -0.05) is 30.3 Å². The van der Waals surface area contributed by atoms with E-state index in [1.54, 1.807) is 30.3 Å². The lowest BCUT2D eigenvalue weighted by Gasteiger charge is -2.18. The fourth-order valence-corrected chi connectivity index (χ4v) is 1.60. The molecule has 0 bridgehead atoms. The third kappa shape index (κ3) is 2.38. The molecule has 0 fully saturated rings. The number of rotatable bonds is 3. The highest BCUT2D eigenvalue weighted by Crippen LogP contribution is 2.25. The van der Waals surface area contributed by atoms with Gasteiger partial charge in [0, 0.05) is 16.2 Å². The quantitative estimate of drug-likeness (QED) is 0.607. The van der Waals surface area contributed by atoms with Gasteiger partial charge in [-0.25, -0.2) is 8.42 Å². The highest BCUT2D eigenvalue weighted by molar-refractivity contribution is 8.15. The van der Waals surface area contributed by atoms with Crippen LogP contribution in [0, 0.1) is 0 Å². The summed E-state index contributed by atoms with van der Waals surface area (Å²) >= 11 is 0. The molecule has 0 aliphatic carbocycles. The normalized spacial score (nSPS) is 12.5. The number of Topliss-reactive ketones (excluding diaryl/α,β-unsaturated/α-hetero) is 1. The zero-order valence-corrected chi connectivity index (χ0v) is 9.97. The fourth-order valence-electron chi connectivity index (χ4n) is 1.05. The van der Waals surface area contributed by atoms with Crippen LogP contribution < -0.4 is 0 Å². The third-order valence-electron chi connectivity index (χ3n) is 2.19. The molecule has 0 unspecified atom stereocenters. The van der Waals surface area contributed by atoms with Gasteiger partial charge in [-0.3, -0.25) is 4.79 Å². The Morgan fingerprint density at radius 1 is 1.20 bits per heavy atom. The molecule has 0 spiro atoms. The van der Waals surface area contributed by atoms with E-state index in [2.05, 4.69) is 0 Å². The Morgan fingerprint density at radius 2 is 1.67 bits per heavy atom. The Morgan fingerprint density at radius 3 is 2.07 bits per heavy atom. The average molecular weight is 247 g/mol. The van der Waals surface area contributed by atoms with E-state index < -0.39 is 19.6 Å². The molecule has 15 heavy (non-hydrogen) atoms. The molecule has 82 valence electrons. The van der Waals surface area contributed by atoms with Crippen molar-refractivity contribution < 1.29 is 13.2 Å². The highest BCUT2D eigenvalue weighted by atomic mass is 35.7. The second-order valence-corrected chi connectivity index (χ2v) is 6.76. The van der Waals surface area contributed by atoms with E-state index in [-0.39, 0.29) is 0 Å². The van der Waals surface area contributed by atoms with Gasteiger partial charge in [0.2, 0.25) is 9.05 Å². The zero-order valence-electron chi connectivity index (χ0n) is 8.40. The lowest BCUT2D eigenvalue weighted by molar-refractivity contribution is 0.0955. The van der Waals surface area contributed by atoms with Crippen molar-refractivity contribution in [2.45, 2.75) is 18.6 Å². The van der Waals surface area contributed by atoms with Crippen molar-refractivity contribution in [1.29, 1.82) is 0 Å². The van der Waals surface area contributed by atoms with Gasteiger partial charge in [0.1, 0.15) is 4.75 Å². The van der Waals surface area contributed by atoms with Crippen molar-refractivity contribution in [1.82, 2.24) is 0 Å². The number of benzene rings is 1. The predicted octanol–water partition coefficient (Wildman–Crippen LogP) is 2.22. The first kappa shape index (κ1) is 12.2. The maximum absolute atomic E-state index is 11.8. The van der Waals surface area contributed by atoms with Crippen LogP contribution in [0.1, 0.15) is 24.2 Å². The van der Waals surface area contributed by atoms with Crippen LogP contribution in [0.5, 0.6) is 0 Å². The SMILES string of the molecule is CC(C)(C(=O)c1ccccc1)S(=O)(=O)Cl. The maximum atomic E-state index is 11.8. The van der Waals surface area contributed by atoms with Gasteiger partial charge in [-0.05, 0) is 13.8 Å². The van der Waals surface area contributed by atoms with Gasteiger partial charge in [-0.2, -0.15) is 0 Å². The molecule has 3 nitrogen and oxygen atoms in total. The fraction of sp³-hybridized carbons (Fsp3) is 0.300. The minimum Gasteiger partial charge on any atom is -0.292 e. The molecule has 1 aromatic rings. The van der Waals surface area contributed by atoms with Crippen LogP contribution >= 0.6 is 10.7 Å².